The number of carboxylic acid groups (broad SMARTS) is 1. The second-order valence-electron chi connectivity index (χ2n) is 5.26. The van der Waals surface area contributed by atoms with E-state index in [0.29, 0.717) is 6.61 Å². The van der Waals surface area contributed by atoms with Gasteiger partial charge in [0, 0.05) is 26.1 Å². The quantitative estimate of drug-likeness (QED) is 0.840. The van der Waals surface area contributed by atoms with E-state index in [1.165, 1.54) is 11.0 Å². The predicted octanol–water partition coefficient (Wildman–Crippen LogP) is 1.81. The summed E-state index contributed by atoms with van der Waals surface area (Å²) in [7, 11) is 1.60. The zero-order valence-electron chi connectivity index (χ0n) is 12.2. The Morgan fingerprint density at radius 1 is 1.48 bits per heavy atom. The van der Waals surface area contributed by atoms with Gasteiger partial charge in [-0.1, -0.05) is 13.0 Å². The zero-order valence-corrected chi connectivity index (χ0v) is 12.2. The lowest BCUT2D eigenvalue weighted by Gasteiger charge is -2.17. The fourth-order valence-corrected chi connectivity index (χ4v) is 2.18. The Kier molecular flexibility index (Phi) is 4.62. The van der Waals surface area contributed by atoms with E-state index in [4.69, 9.17) is 9.84 Å². The number of aliphatic carboxylic acids is 1. The second-order valence-corrected chi connectivity index (χ2v) is 5.26. The number of likely N-dealkylation sites (N-methyl/N-ethyl adjacent to an activating group) is 1. The van der Waals surface area contributed by atoms with Gasteiger partial charge in [0.1, 0.15) is 5.75 Å². The summed E-state index contributed by atoms with van der Waals surface area (Å²) in [6, 6.07) is 5.81. The average Bonchev–Trinajstić information content (AvgIpc) is 2.91. The highest BCUT2D eigenvalue weighted by atomic mass is 16.5. The van der Waals surface area contributed by atoms with Crippen LogP contribution in [0.3, 0.4) is 0 Å². The summed E-state index contributed by atoms with van der Waals surface area (Å²) in [5, 5.41) is 8.84. The van der Waals surface area contributed by atoms with Crippen LogP contribution < -0.4 is 4.74 Å². The molecule has 0 radical (unpaired) electrons. The summed E-state index contributed by atoms with van der Waals surface area (Å²) in [4.78, 5) is 24.1. The van der Waals surface area contributed by atoms with Crippen LogP contribution in [0.2, 0.25) is 0 Å². The summed E-state index contributed by atoms with van der Waals surface area (Å²) in [5.41, 5.74) is 2.09. The molecule has 0 spiro atoms. The van der Waals surface area contributed by atoms with Crippen LogP contribution in [0.15, 0.2) is 24.3 Å². The maximum Gasteiger partial charge on any atom is 0.308 e. The maximum atomic E-state index is 11.9. The second kappa shape index (κ2) is 6.43. The van der Waals surface area contributed by atoms with Crippen molar-refractivity contribution in [3.63, 3.8) is 0 Å². The van der Waals surface area contributed by atoms with E-state index in [1.54, 1.807) is 20.0 Å². The number of benzene rings is 1. The Bertz CT molecular complexity index is 580. The van der Waals surface area contributed by atoms with Crippen molar-refractivity contribution in [2.45, 2.75) is 13.3 Å². The van der Waals surface area contributed by atoms with E-state index in [9.17, 15) is 9.59 Å². The standard InChI is InChI=1S/C16H19NO4/c1-11(16(19)20)10-17(2)15(18)6-4-12-3-5-14-13(9-12)7-8-21-14/h3-6,9,11H,7-8,10H2,1-2H3,(H,19,20)/b6-4+/t11-/m0/s1. The molecular formula is C16H19NO4. The van der Waals surface area contributed by atoms with Crippen LogP contribution in [0, 0.1) is 5.92 Å². The number of ether oxygens (including phenoxy) is 1. The molecule has 2 rings (SSSR count). The molecule has 1 atom stereocenters. The molecule has 1 aliphatic rings. The number of fused-ring (bicyclic) bond motifs is 1. The summed E-state index contributed by atoms with van der Waals surface area (Å²) >= 11 is 0. The first kappa shape index (κ1) is 15.1. The number of carboxylic acids is 1. The van der Waals surface area contributed by atoms with E-state index in [0.717, 1.165) is 23.3 Å². The molecule has 0 fully saturated rings. The molecule has 0 saturated carbocycles. The number of carbonyl (C=O) groups is 2. The van der Waals surface area contributed by atoms with Gasteiger partial charge in [-0.15, -0.1) is 0 Å². The number of hydrogen-bond donors (Lipinski definition) is 1. The summed E-state index contributed by atoms with van der Waals surface area (Å²) in [6.45, 7) is 2.48. The molecule has 1 heterocycles. The third-order valence-corrected chi connectivity index (χ3v) is 3.48. The number of hydrogen-bond acceptors (Lipinski definition) is 3. The van der Waals surface area contributed by atoms with Crippen LogP contribution in [-0.2, 0) is 16.0 Å². The topological polar surface area (TPSA) is 66.8 Å². The molecule has 1 amide bonds. The fraction of sp³-hybridized carbons (Fsp3) is 0.375. The number of amides is 1. The Hall–Kier alpha value is -2.30. The highest BCUT2D eigenvalue weighted by Gasteiger charge is 2.16. The van der Waals surface area contributed by atoms with Gasteiger partial charge in [0.25, 0.3) is 0 Å². The van der Waals surface area contributed by atoms with Gasteiger partial charge in [-0.3, -0.25) is 9.59 Å². The van der Waals surface area contributed by atoms with E-state index in [1.807, 2.05) is 18.2 Å². The van der Waals surface area contributed by atoms with Crippen molar-refractivity contribution in [3.05, 3.63) is 35.4 Å². The fourth-order valence-electron chi connectivity index (χ4n) is 2.18. The van der Waals surface area contributed by atoms with E-state index in [2.05, 4.69) is 0 Å². The molecule has 0 aromatic heterocycles. The Morgan fingerprint density at radius 2 is 2.24 bits per heavy atom. The molecule has 5 nitrogen and oxygen atoms in total. The smallest absolute Gasteiger partial charge is 0.308 e. The van der Waals surface area contributed by atoms with Crippen LogP contribution in [0.5, 0.6) is 5.75 Å². The SMILES string of the molecule is C[C@@H](CN(C)C(=O)/C=C/c1ccc2c(c1)CCO2)C(=O)O. The van der Waals surface area contributed by atoms with Crippen LogP contribution in [0.4, 0.5) is 0 Å². The first-order valence-corrected chi connectivity index (χ1v) is 6.89. The highest BCUT2D eigenvalue weighted by molar-refractivity contribution is 5.91. The van der Waals surface area contributed by atoms with E-state index < -0.39 is 11.9 Å². The van der Waals surface area contributed by atoms with Gasteiger partial charge in [-0.25, -0.2) is 0 Å². The Labute approximate surface area is 123 Å². The number of rotatable bonds is 5. The first-order valence-electron chi connectivity index (χ1n) is 6.89. The molecule has 1 N–H and O–H groups in total. The summed E-state index contributed by atoms with van der Waals surface area (Å²) in [5.74, 6) is -0.785. The Morgan fingerprint density at radius 3 is 2.95 bits per heavy atom. The molecule has 112 valence electrons. The van der Waals surface area contributed by atoms with Gasteiger partial charge in [-0.2, -0.15) is 0 Å². The Balaban J connectivity index is 1.97. The van der Waals surface area contributed by atoms with Gasteiger partial charge in [0.05, 0.1) is 12.5 Å². The lowest BCUT2D eigenvalue weighted by Crippen LogP contribution is -2.32. The van der Waals surface area contributed by atoms with Crippen molar-refractivity contribution < 1.29 is 19.4 Å². The molecule has 0 saturated heterocycles. The van der Waals surface area contributed by atoms with Crippen LogP contribution >= 0.6 is 0 Å². The molecule has 0 aliphatic carbocycles. The number of carbonyl (C=O) groups excluding carboxylic acids is 1. The molecule has 21 heavy (non-hydrogen) atoms. The van der Waals surface area contributed by atoms with Gasteiger partial charge in [0.15, 0.2) is 0 Å². The van der Waals surface area contributed by atoms with Crippen LogP contribution in [0.25, 0.3) is 6.08 Å². The third kappa shape index (κ3) is 3.84. The van der Waals surface area contributed by atoms with Crippen LogP contribution in [-0.4, -0.2) is 42.1 Å². The molecule has 1 aliphatic heterocycles. The monoisotopic (exact) mass is 289 g/mol. The predicted molar refractivity (Wildman–Crippen MR) is 79.1 cm³/mol. The lowest BCUT2D eigenvalue weighted by molar-refractivity contribution is -0.142. The van der Waals surface area contributed by atoms with Crippen molar-refractivity contribution in [1.29, 1.82) is 0 Å². The molecular weight excluding hydrogens is 270 g/mol. The first-order chi connectivity index (χ1) is 9.97. The zero-order chi connectivity index (χ0) is 15.4. The van der Waals surface area contributed by atoms with Gasteiger partial charge < -0.3 is 14.7 Å². The molecule has 0 bridgehead atoms. The van der Waals surface area contributed by atoms with Gasteiger partial charge >= 0.3 is 5.97 Å². The van der Waals surface area contributed by atoms with Gasteiger partial charge in [0.2, 0.25) is 5.91 Å². The maximum absolute atomic E-state index is 11.9. The van der Waals surface area contributed by atoms with Gasteiger partial charge in [-0.05, 0) is 29.3 Å². The average molecular weight is 289 g/mol. The van der Waals surface area contributed by atoms with Crippen molar-refractivity contribution in [2.75, 3.05) is 20.2 Å². The highest BCUT2D eigenvalue weighted by Crippen LogP contribution is 2.26. The normalized spacial score (nSPS) is 14.6. The minimum absolute atomic E-state index is 0.191. The minimum Gasteiger partial charge on any atom is -0.493 e. The van der Waals surface area contributed by atoms with Crippen molar-refractivity contribution >= 4 is 18.0 Å². The van der Waals surface area contributed by atoms with Crippen molar-refractivity contribution in [1.82, 2.24) is 4.90 Å². The van der Waals surface area contributed by atoms with Crippen LogP contribution in [0.1, 0.15) is 18.1 Å². The molecule has 1 aromatic carbocycles. The third-order valence-electron chi connectivity index (χ3n) is 3.48. The molecule has 0 unspecified atom stereocenters. The molecule has 5 heteroatoms. The summed E-state index contributed by atoms with van der Waals surface area (Å²) < 4.78 is 5.43. The van der Waals surface area contributed by atoms with E-state index in [-0.39, 0.29) is 12.5 Å². The summed E-state index contributed by atoms with van der Waals surface area (Å²) in [6.07, 6.45) is 4.09. The lowest BCUT2D eigenvalue weighted by atomic mass is 10.1. The number of nitrogens with zero attached hydrogens (tertiary/aromatic N) is 1. The van der Waals surface area contributed by atoms with Crippen molar-refractivity contribution in [3.8, 4) is 5.75 Å². The largest absolute Gasteiger partial charge is 0.493 e. The van der Waals surface area contributed by atoms with Crippen molar-refractivity contribution in [2.24, 2.45) is 5.92 Å². The molecule has 1 aromatic rings. The minimum atomic E-state index is -0.905. The van der Waals surface area contributed by atoms with E-state index >= 15 is 0 Å².